The summed E-state index contributed by atoms with van der Waals surface area (Å²) in [6.07, 6.45) is 4.48. The highest BCUT2D eigenvalue weighted by molar-refractivity contribution is 5.67. The first kappa shape index (κ1) is 20.6. The summed E-state index contributed by atoms with van der Waals surface area (Å²) < 4.78 is 22.9. The average molecular weight is 387 g/mol. The monoisotopic (exact) mass is 387 g/mol. The number of aliphatic hydroxyl groups excluding tert-OH is 1. The Morgan fingerprint density at radius 3 is 2.46 bits per heavy atom. The molecule has 1 N–H and O–H groups in total. The average Bonchev–Trinajstić information content (AvgIpc) is 2.72. The van der Waals surface area contributed by atoms with Crippen LogP contribution in [0.4, 0.5) is 0 Å². The fourth-order valence-corrected chi connectivity index (χ4v) is 3.13. The Morgan fingerprint density at radius 2 is 1.82 bits per heavy atom. The van der Waals surface area contributed by atoms with Crippen molar-refractivity contribution in [2.75, 3.05) is 33.5 Å². The molecule has 0 aliphatic carbocycles. The molecule has 2 heterocycles. The van der Waals surface area contributed by atoms with E-state index in [4.69, 9.17) is 18.9 Å². The highest BCUT2D eigenvalue weighted by Crippen LogP contribution is 2.36. The van der Waals surface area contributed by atoms with Crippen molar-refractivity contribution in [3.63, 3.8) is 0 Å². The molecule has 1 fully saturated rings. The smallest absolute Gasteiger partial charge is 0.162 e. The Kier molecular flexibility index (Phi) is 6.23. The van der Waals surface area contributed by atoms with Crippen molar-refractivity contribution in [2.45, 2.75) is 38.4 Å². The third-order valence-corrected chi connectivity index (χ3v) is 5.00. The van der Waals surface area contributed by atoms with Crippen molar-refractivity contribution in [3.05, 3.63) is 42.2 Å². The SMILES string of the molecule is CCCOc1cc(-c2cncc(C3(CO)COC(C)(C)OC3)c2)ccc1OC. The maximum absolute atomic E-state index is 10.1. The summed E-state index contributed by atoms with van der Waals surface area (Å²) in [5, 5.41) is 10.1. The molecular formula is C22H29NO5. The predicted molar refractivity (Wildman–Crippen MR) is 107 cm³/mol. The van der Waals surface area contributed by atoms with Gasteiger partial charge in [0.2, 0.25) is 0 Å². The summed E-state index contributed by atoms with van der Waals surface area (Å²) in [7, 11) is 1.63. The van der Waals surface area contributed by atoms with E-state index in [-0.39, 0.29) is 6.61 Å². The van der Waals surface area contributed by atoms with E-state index >= 15 is 0 Å². The first-order chi connectivity index (χ1) is 13.4. The van der Waals surface area contributed by atoms with Crippen molar-refractivity contribution in [1.29, 1.82) is 0 Å². The van der Waals surface area contributed by atoms with Crippen LogP contribution < -0.4 is 9.47 Å². The summed E-state index contributed by atoms with van der Waals surface area (Å²) in [6.45, 7) is 7.09. The van der Waals surface area contributed by atoms with Crippen LogP contribution >= 0.6 is 0 Å². The summed E-state index contributed by atoms with van der Waals surface area (Å²) in [5.41, 5.74) is 2.15. The summed E-state index contributed by atoms with van der Waals surface area (Å²) >= 11 is 0. The molecule has 1 aliphatic rings. The van der Waals surface area contributed by atoms with Gasteiger partial charge in [-0.15, -0.1) is 0 Å². The molecule has 3 rings (SSSR count). The Morgan fingerprint density at radius 1 is 1.07 bits per heavy atom. The molecule has 0 unspecified atom stereocenters. The zero-order chi connectivity index (χ0) is 20.2. The van der Waals surface area contributed by atoms with Gasteiger partial charge in [0.05, 0.1) is 39.0 Å². The maximum atomic E-state index is 10.1. The van der Waals surface area contributed by atoms with Gasteiger partial charge in [0.15, 0.2) is 17.3 Å². The molecule has 1 aromatic heterocycles. The minimum absolute atomic E-state index is 0.0817. The van der Waals surface area contributed by atoms with Crippen LogP contribution in [0.15, 0.2) is 36.7 Å². The van der Waals surface area contributed by atoms with E-state index in [1.165, 1.54) is 0 Å². The van der Waals surface area contributed by atoms with Gasteiger partial charge in [-0.1, -0.05) is 13.0 Å². The number of hydrogen-bond donors (Lipinski definition) is 1. The lowest BCUT2D eigenvalue weighted by atomic mass is 9.82. The lowest BCUT2D eigenvalue weighted by molar-refractivity contribution is -0.273. The number of benzene rings is 1. The number of rotatable bonds is 7. The molecule has 0 atom stereocenters. The minimum atomic E-state index is -0.648. The minimum Gasteiger partial charge on any atom is -0.493 e. The maximum Gasteiger partial charge on any atom is 0.162 e. The summed E-state index contributed by atoms with van der Waals surface area (Å²) in [6, 6.07) is 7.85. The van der Waals surface area contributed by atoms with Crippen LogP contribution in [0.25, 0.3) is 11.1 Å². The molecule has 1 saturated heterocycles. The Hall–Kier alpha value is -2.15. The van der Waals surface area contributed by atoms with Gasteiger partial charge < -0.3 is 24.1 Å². The molecule has 0 amide bonds. The number of nitrogens with zero attached hydrogens (tertiary/aromatic N) is 1. The predicted octanol–water partition coefficient (Wildman–Crippen LogP) is 3.56. The van der Waals surface area contributed by atoms with E-state index in [9.17, 15) is 5.11 Å². The van der Waals surface area contributed by atoms with E-state index in [1.807, 2.05) is 38.1 Å². The van der Waals surface area contributed by atoms with Crippen LogP contribution in [-0.4, -0.2) is 49.4 Å². The highest BCUT2D eigenvalue weighted by Gasteiger charge is 2.41. The van der Waals surface area contributed by atoms with Gasteiger partial charge in [-0.2, -0.15) is 0 Å². The van der Waals surface area contributed by atoms with Crippen LogP contribution in [0.5, 0.6) is 11.5 Å². The van der Waals surface area contributed by atoms with Crippen molar-refractivity contribution >= 4 is 0 Å². The summed E-state index contributed by atoms with van der Waals surface area (Å²) in [5.74, 6) is 0.755. The van der Waals surface area contributed by atoms with E-state index < -0.39 is 11.2 Å². The van der Waals surface area contributed by atoms with Gasteiger partial charge >= 0.3 is 0 Å². The lowest BCUT2D eigenvalue weighted by Gasteiger charge is -2.42. The molecule has 0 bridgehead atoms. The third-order valence-electron chi connectivity index (χ3n) is 5.00. The first-order valence-corrected chi connectivity index (χ1v) is 9.58. The van der Waals surface area contributed by atoms with Crippen LogP contribution in [0.2, 0.25) is 0 Å². The second-order valence-electron chi connectivity index (χ2n) is 7.59. The molecule has 0 saturated carbocycles. The van der Waals surface area contributed by atoms with Gasteiger partial charge in [-0.05, 0) is 49.6 Å². The Balaban J connectivity index is 1.93. The fourth-order valence-electron chi connectivity index (χ4n) is 3.13. The van der Waals surface area contributed by atoms with Crippen LogP contribution in [0, 0.1) is 0 Å². The number of methoxy groups -OCH3 is 1. The van der Waals surface area contributed by atoms with E-state index in [0.29, 0.717) is 31.3 Å². The number of aliphatic hydroxyl groups is 1. The molecule has 2 aromatic rings. The molecular weight excluding hydrogens is 358 g/mol. The second-order valence-corrected chi connectivity index (χ2v) is 7.59. The topological polar surface area (TPSA) is 70.0 Å². The number of ether oxygens (including phenoxy) is 4. The number of aromatic nitrogens is 1. The largest absolute Gasteiger partial charge is 0.493 e. The summed E-state index contributed by atoms with van der Waals surface area (Å²) in [4.78, 5) is 4.41. The van der Waals surface area contributed by atoms with Crippen LogP contribution in [-0.2, 0) is 14.9 Å². The van der Waals surface area contributed by atoms with Crippen LogP contribution in [0.3, 0.4) is 0 Å². The van der Waals surface area contributed by atoms with E-state index in [2.05, 4.69) is 11.9 Å². The van der Waals surface area contributed by atoms with Crippen molar-refractivity contribution in [2.24, 2.45) is 0 Å². The standard InChI is InChI=1S/C22H29NO5/c1-5-8-26-20-10-16(6-7-19(20)25-4)17-9-18(12-23-11-17)22(13-24)14-27-21(2,3)28-15-22/h6-7,9-12,24H,5,8,13-15H2,1-4H3. The first-order valence-electron chi connectivity index (χ1n) is 9.58. The normalized spacial score (nSPS) is 17.9. The quantitative estimate of drug-likeness (QED) is 0.783. The lowest BCUT2D eigenvalue weighted by Crippen LogP contribution is -2.51. The third kappa shape index (κ3) is 4.29. The molecule has 0 spiro atoms. The molecule has 1 aromatic carbocycles. The van der Waals surface area contributed by atoms with Crippen molar-refractivity contribution in [1.82, 2.24) is 4.98 Å². The molecule has 152 valence electrons. The number of hydrogen-bond acceptors (Lipinski definition) is 6. The van der Waals surface area contributed by atoms with Gasteiger partial charge in [0, 0.05) is 18.0 Å². The number of pyridine rings is 1. The fraction of sp³-hybridized carbons (Fsp3) is 0.500. The van der Waals surface area contributed by atoms with Crippen molar-refractivity contribution in [3.8, 4) is 22.6 Å². The van der Waals surface area contributed by atoms with Gasteiger partial charge in [-0.3, -0.25) is 4.98 Å². The molecule has 0 radical (unpaired) electrons. The van der Waals surface area contributed by atoms with Gasteiger partial charge in [-0.25, -0.2) is 0 Å². The van der Waals surface area contributed by atoms with Crippen LogP contribution in [0.1, 0.15) is 32.8 Å². The molecule has 6 heteroatoms. The Bertz CT molecular complexity index is 795. The van der Waals surface area contributed by atoms with E-state index in [0.717, 1.165) is 23.1 Å². The Labute approximate surface area is 166 Å². The molecule has 6 nitrogen and oxygen atoms in total. The van der Waals surface area contributed by atoms with Gasteiger partial charge in [0.25, 0.3) is 0 Å². The van der Waals surface area contributed by atoms with Gasteiger partial charge in [0.1, 0.15) is 0 Å². The molecule has 1 aliphatic heterocycles. The zero-order valence-electron chi connectivity index (χ0n) is 17.0. The van der Waals surface area contributed by atoms with Crippen molar-refractivity contribution < 1.29 is 24.1 Å². The van der Waals surface area contributed by atoms with E-state index in [1.54, 1.807) is 19.5 Å². The highest BCUT2D eigenvalue weighted by atomic mass is 16.7. The second kappa shape index (κ2) is 8.47. The molecule has 28 heavy (non-hydrogen) atoms. The zero-order valence-corrected chi connectivity index (χ0v) is 17.0.